The molecule has 0 heterocycles. The second-order valence-corrected chi connectivity index (χ2v) is 3.81. The third-order valence-corrected chi connectivity index (χ3v) is 2.41. The molecule has 88 valence electrons. The standard InChI is InChI=1S/C12H15ClO3/c1-9(16-8-7-15-2)12(14)10-3-5-11(13)6-4-10/h3-6,9H,7-8H2,1-2H3. The number of ketones is 1. The maximum absolute atomic E-state index is 11.8. The molecule has 1 aromatic rings. The van der Waals surface area contributed by atoms with Crippen LogP contribution < -0.4 is 0 Å². The van der Waals surface area contributed by atoms with Crippen LogP contribution in [0.3, 0.4) is 0 Å². The van der Waals surface area contributed by atoms with Crippen molar-refractivity contribution in [1.29, 1.82) is 0 Å². The molecule has 0 saturated carbocycles. The molecule has 1 rings (SSSR count). The van der Waals surface area contributed by atoms with Gasteiger partial charge in [-0.3, -0.25) is 4.79 Å². The topological polar surface area (TPSA) is 35.5 Å². The second-order valence-electron chi connectivity index (χ2n) is 3.38. The molecule has 1 unspecified atom stereocenters. The summed E-state index contributed by atoms with van der Waals surface area (Å²) in [5, 5.41) is 0.615. The largest absolute Gasteiger partial charge is 0.382 e. The highest BCUT2D eigenvalue weighted by Crippen LogP contribution is 2.12. The van der Waals surface area contributed by atoms with Gasteiger partial charge in [0.15, 0.2) is 5.78 Å². The van der Waals surface area contributed by atoms with Gasteiger partial charge in [0.1, 0.15) is 6.10 Å². The maximum atomic E-state index is 11.8. The molecule has 16 heavy (non-hydrogen) atoms. The number of methoxy groups -OCH3 is 1. The first-order valence-corrected chi connectivity index (χ1v) is 5.43. The Labute approximate surface area is 100 Å². The number of benzene rings is 1. The predicted molar refractivity (Wildman–Crippen MR) is 63.1 cm³/mol. The molecule has 0 amide bonds. The normalized spacial score (nSPS) is 12.4. The number of carbonyl (C=O) groups excluding carboxylic acids is 1. The van der Waals surface area contributed by atoms with Crippen LogP contribution in [-0.2, 0) is 9.47 Å². The average molecular weight is 243 g/mol. The number of halogens is 1. The molecule has 0 fully saturated rings. The molecule has 0 bridgehead atoms. The number of hydrogen-bond acceptors (Lipinski definition) is 3. The lowest BCUT2D eigenvalue weighted by Crippen LogP contribution is -2.22. The molecule has 0 saturated heterocycles. The monoisotopic (exact) mass is 242 g/mol. The van der Waals surface area contributed by atoms with Gasteiger partial charge < -0.3 is 9.47 Å². The Morgan fingerprint density at radius 1 is 1.31 bits per heavy atom. The Hall–Kier alpha value is -0.900. The summed E-state index contributed by atoms with van der Waals surface area (Å²) < 4.78 is 10.2. The molecule has 0 aromatic heterocycles. The van der Waals surface area contributed by atoms with Crippen molar-refractivity contribution in [3.05, 3.63) is 34.9 Å². The van der Waals surface area contributed by atoms with Crippen LogP contribution in [0.4, 0.5) is 0 Å². The van der Waals surface area contributed by atoms with Crippen LogP contribution >= 0.6 is 11.6 Å². The zero-order chi connectivity index (χ0) is 12.0. The van der Waals surface area contributed by atoms with Crippen molar-refractivity contribution in [2.75, 3.05) is 20.3 Å². The molecular weight excluding hydrogens is 228 g/mol. The lowest BCUT2D eigenvalue weighted by atomic mass is 10.1. The van der Waals surface area contributed by atoms with E-state index < -0.39 is 6.10 Å². The van der Waals surface area contributed by atoms with Gasteiger partial charge in [0.05, 0.1) is 13.2 Å². The molecule has 0 N–H and O–H groups in total. The van der Waals surface area contributed by atoms with Gasteiger partial charge in [-0.2, -0.15) is 0 Å². The summed E-state index contributed by atoms with van der Waals surface area (Å²) >= 11 is 5.74. The zero-order valence-corrected chi connectivity index (χ0v) is 10.2. The van der Waals surface area contributed by atoms with E-state index in [4.69, 9.17) is 21.1 Å². The van der Waals surface area contributed by atoms with Gasteiger partial charge >= 0.3 is 0 Å². The van der Waals surface area contributed by atoms with Crippen LogP contribution in [0.5, 0.6) is 0 Å². The van der Waals surface area contributed by atoms with Gasteiger partial charge in [-0.1, -0.05) is 11.6 Å². The average Bonchev–Trinajstić information content (AvgIpc) is 2.29. The Morgan fingerprint density at radius 3 is 2.50 bits per heavy atom. The highest BCUT2D eigenvalue weighted by atomic mass is 35.5. The van der Waals surface area contributed by atoms with E-state index in [1.807, 2.05) is 0 Å². The SMILES string of the molecule is COCCOC(C)C(=O)c1ccc(Cl)cc1. The Bertz CT molecular complexity index is 335. The van der Waals surface area contributed by atoms with Crippen molar-refractivity contribution in [1.82, 2.24) is 0 Å². The smallest absolute Gasteiger partial charge is 0.191 e. The first-order valence-electron chi connectivity index (χ1n) is 5.05. The van der Waals surface area contributed by atoms with E-state index >= 15 is 0 Å². The molecule has 0 spiro atoms. The minimum atomic E-state index is -0.462. The van der Waals surface area contributed by atoms with Crippen LogP contribution in [0.15, 0.2) is 24.3 Å². The Morgan fingerprint density at radius 2 is 1.94 bits per heavy atom. The van der Waals surface area contributed by atoms with Gasteiger partial charge in [0.2, 0.25) is 0 Å². The fourth-order valence-electron chi connectivity index (χ4n) is 1.23. The van der Waals surface area contributed by atoms with Crippen molar-refractivity contribution in [2.24, 2.45) is 0 Å². The van der Waals surface area contributed by atoms with E-state index in [0.717, 1.165) is 0 Å². The van der Waals surface area contributed by atoms with Gasteiger partial charge in [0, 0.05) is 17.7 Å². The van der Waals surface area contributed by atoms with E-state index in [1.165, 1.54) is 0 Å². The lowest BCUT2D eigenvalue weighted by molar-refractivity contribution is 0.0256. The molecule has 0 radical (unpaired) electrons. The summed E-state index contributed by atoms with van der Waals surface area (Å²) in [6.07, 6.45) is -0.462. The summed E-state index contributed by atoms with van der Waals surface area (Å²) in [5.74, 6) is -0.0484. The number of Topliss-reactive ketones (excluding diaryl/α,β-unsaturated/α-hetero) is 1. The number of ether oxygens (including phenoxy) is 2. The number of hydrogen-bond donors (Lipinski definition) is 0. The minimum Gasteiger partial charge on any atom is -0.382 e. The van der Waals surface area contributed by atoms with Crippen molar-refractivity contribution < 1.29 is 14.3 Å². The van der Waals surface area contributed by atoms with Crippen molar-refractivity contribution in [3.63, 3.8) is 0 Å². The quantitative estimate of drug-likeness (QED) is 0.568. The van der Waals surface area contributed by atoms with E-state index in [9.17, 15) is 4.79 Å². The first kappa shape index (κ1) is 13.2. The highest BCUT2D eigenvalue weighted by Gasteiger charge is 2.15. The molecular formula is C12H15ClO3. The van der Waals surface area contributed by atoms with Crippen LogP contribution in [0.25, 0.3) is 0 Å². The molecule has 1 atom stereocenters. The summed E-state index contributed by atoms with van der Waals surface area (Å²) in [6, 6.07) is 6.77. The number of carbonyl (C=O) groups is 1. The van der Waals surface area contributed by atoms with Gasteiger partial charge in [-0.25, -0.2) is 0 Å². The summed E-state index contributed by atoms with van der Waals surface area (Å²) in [4.78, 5) is 11.8. The van der Waals surface area contributed by atoms with Gasteiger partial charge in [0.25, 0.3) is 0 Å². The maximum Gasteiger partial charge on any atom is 0.191 e. The third-order valence-electron chi connectivity index (χ3n) is 2.15. The van der Waals surface area contributed by atoms with Crippen LogP contribution in [0.1, 0.15) is 17.3 Å². The predicted octanol–water partition coefficient (Wildman–Crippen LogP) is 2.57. The van der Waals surface area contributed by atoms with Crippen molar-refractivity contribution in [3.8, 4) is 0 Å². The van der Waals surface area contributed by atoms with E-state index in [1.54, 1.807) is 38.3 Å². The van der Waals surface area contributed by atoms with E-state index in [-0.39, 0.29) is 5.78 Å². The van der Waals surface area contributed by atoms with Crippen molar-refractivity contribution in [2.45, 2.75) is 13.0 Å². The molecule has 0 aliphatic carbocycles. The van der Waals surface area contributed by atoms with E-state index in [0.29, 0.717) is 23.8 Å². The minimum absolute atomic E-state index is 0.0484. The van der Waals surface area contributed by atoms with Crippen molar-refractivity contribution >= 4 is 17.4 Å². The van der Waals surface area contributed by atoms with E-state index in [2.05, 4.69) is 0 Å². The van der Waals surface area contributed by atoms with Crippen LogP contribution in [-0.4, -0.2) is 32.2 Å². The molecule has 0 aliphatic heterocycles. The molecule has 1 aromatic carbocycles. The van der Waals surface area contributed by atoms with Gasteiger partial charge in [-0.05, 0) is 31.2 Å². The Balaban J connectivity index is 2.53. The molecule has 0 aliphatic rings. The summed E-state index contributed by atoms with van der Waals surface area (Å²) in [5.41, 5.74) is 0.606. The van der Waals surface area contributed by atoms with Gasteiger partial charge in [-0.15, -0.1) is 0 Å². The fourth-order valence-corrected chi connectivity index (χ4v) is 1.36. The second kappa shape index (κ2) is 6.63. The zero-order valence-electron chi connectivity index (χ0n) is 9.40. The number of rotatable bonds is 6. The molecule has 3 nitrogen and oxygen atoms in total. The highest BCUT2D eigenvalue weighted by molar-refractivity contribution is 6.30. The third kappa shape index (κ3) is 3.93. The fraction of sp³-hybridized carbons (Fsp3) is 0.417. The molecule has 4 heteroatoms. The Kier molecular flexibility index (Phi) is 5.46. The summed E-state index contributed by atoms with van der Waals surface area (Å²) in [7, 11) is 1.59. The lowest BCUT2D eigenvalue weighted by Gasteiger charge is -2.11. The van der Waals surface area contributed by atoms with Crippen LogP contribution in [0.2, 0.25) is 5.02 Å². The summed E-state index contributed by atoms with van der Waals surface area (Å²) in [6.45, 7) is 2.63. The first-order chi connectivity index (χ1) is 7.65. The van der Waals surface area contributed by atoms with Crippen LogP contribution in [0, 0.1) is 0 Å².